The molecule has 1 aromatic heterocycles. The Morgan fingerprint density at radius 3 is 2.60 bits per heavy atom. The summed E-state index contributed by atoms with van der Waals surface area (Å²) in [7, 11) is 0. The van der Waals surface area contributed by atoms with E-state index in [4.69, 9.17) is 5.73 Å². The number of aromatic nitrogens is 2. The zero-order valence-corrected chi connectivity index (χ0v) is 18.7. The van der Waals surface area contributed by atoms with Crippen LogP contribution >= 0.6 is 12.4 Å². The van der Waals surface area contributed by atoms with Crippen molar-refractivity contribution in [3.05, 3.63) is 47.3 Å². The van der Waals surface area contributed by atoms with Gasteiger partial charge >= 0.3 is 0 Å². The van der Waals surface area contributed by atoms with Crippen molar-refractivity contribution in [1.82, 2.24) is 20.0 Å². The van der Waals surface area contributed by atoms with E-state index in [2.05, 4.69) is 24.3 Å². The van der Waals surface area contributed by atoms with Crippen molar-refractivity contribution in [3.63, 3.8) is 0 Å². The first-order valence-corrected chi connectivity index (χ1v) is 10.3. The molecule has 164 valence electrons. The van der Waals surface area contributed by atoms with E-state index in [0.29, 0.717) is 31.7 Å². The van der Waals surface area contributed by atoms with E-state index in [1.807, 2.05) is 35.9 Å². The highest BCUT2D eigenvalue weighted by Crippen LogP contribution is 2.26. The summed E-state index contributed by atoms with van der Waals surface area (Å²) in [6, 6.07) is 8.11. The van der Waals surface area contributed by atoms with Crippen LogP contribution in [-0.4, -0.2) is 52.7 Å². The number of hydrogen-bond donors (Lipinski definition) is 2. The lowest BCUT2D eigenvalue weighted by Gasteiger charge is -2.32. The minimum atomic E-state index is -0.186. The molecule has 0 spiro atoms. The molecule has 1 saturated heterocycles. The Kier molecular flexibility index (Phi) is 8.43. The van der Waals surface area contributed by atoms with Crippen molar-refractivity contribution < 1.29 is 9.59 Å². The lowest BCUT2D eigenvalue weighted by atomic mass is 9.96. The third-order valence-corrected chi connectivity index (χ3v) is 5.39. The number of aryl methyl sites for hydroxylation is 1. The third-order valence-electron chi connectivity index (χ3n) is 5.39. The number of nitrogens with two attached hydrogens (primary N) is 1. The van der Waals surface area contributed by atoms with Crippen LogP contribution in [0.5, 0.6) is 0 Å². The highest BCUT2D eigenvalue weighted by Gasteiger charge is 2.31. The van der Waals surface area contributed by atoms with E-state index in [9.17, 15) is 9.59 Å². The van der Waals surface area contributed by atoms with Crippen LogP contribution in [0.4, 0.5) is 0 Å². The molecular weight excluding hydrogens is 402 g/mol. The largest absolute Gasteiger partial charge is 0.355 e. The maximum atomic E-state index is 13.3. The lowest BCUT2D eigenvalue weighted by Crippen LogP contribution is -2.46. The van der Waals surface area contributed by atoms with Gasteiger partial charge in [0.1, 0.15) is 0 Å². The number of rotatable bonds is 6. The summed E-state index contributed by atoms with van der Waals surface area (Å²) in [6.45, 7) is 8.15. The summed E-state index contributed by atoms with van der Waals surface area (Å²) >= 11 is 0. The first kappa shape index (κ1) is 23.9. The lowest BCUT2D eigenvalue weighted by molar-refractivity contribution is -0.126. The molecule has 3 rings (SSSR count). The standard InChI is InChI=1S/C22H31N5O2.ClH/c1-15(2)20-19(13-25-27(20)18-8-6-16(3)7-9-18)22(29)26-12-4-5-17(14-26)21(28)24-11-10-23;/h6-9,13,15,17H,4-5,10-12,14,23H2,1-3H3,(H,24,28);1H. The molecule has 7 nitrogen and oxygen atoms in total. The Morgan fingerprint density at radius 1 is 1.27 bits per heavy atom. The van der Waals surface area contributed by atoms with Crippen LogP contribution in [0, 0.1) is 12.8 Å². The quantitative estimate of drug-likeness (QED) is 0.732. The monoisotopic (exact) mass is 433 g/mol. The second kappa shape index (κ2) is 10.6. The van der Waals surface area contributed by atoms with Crippen molar-refractivity contribution in [1.29, 1.82) is 0 Å². The minimum absolute atomic E-state index is 0. The number of piperidine rings is 1. The van der Waals surface area contributed by atoms with Gasteiger partial charge in [0.2, 0.25) is 5.91 Å². The van der Waals surface area contributed by atoms with Gasteiger partial charge in [-0.2, -0.15) is 5.10 Å². The molecular formula is C22H32ClN5O2. The minimum Gasteiger partial charge on any atom is -0.355 e. The molecule has 2 amide bonds. The molecule has 1 fully saturated rings. The predicted octanol–water partition coefficient (Wildman–Crippen LogP) is 2.65. The fourth-order valence-electron chi connectivity index (χ4n) is 3.86. The van der Waals surface area contributed by atoms with Gasteiger partial charge in [-0.05, 0) is 37.8 Å². The van der Waals surface area contributed by atoms with Gasteiger partial charge < -0.3 is 16.0 Å². The summed E-state index contributed by atoms with van der Waals surface area (Å²) in [6.07, 6.45) is 3.27. The van der Waals surface area contributed by atoms with Gasteiger partial charge in [-0.15, -0.1) is 12.4 Å². The molecule has 8 heteroatoms. The molecule has 0 aliphatic carbocycles. The predicted molar refractivity (Wildman–Crippen MR) is 120 cm³/mol. The summed E-state index contributed by atoms with van der Waals surface area (Å²) in [5.41, 5.74) is 9.10. The van der Waals surface area contributed by atoms with Crippen molar-refractivity contribution in [2.45, 2.75) is 39.5 Å². The SMILES string of the molecule is Cc1ccc(-n2ncc(C(=O)N3CCCC(C(=O)NCCN)C3)c2C(C)C)cc1.Cl. The average molecular weight is 434 g/mol. The topological polar surface area (TPSA) is 93.2 Å². The molecule has 30 heavy (non-hydrogen) atoms. The van der Waals surface area contributed by atoms with Crippen LogP contribution in [0.1, 0.15) is 54.2 Å². The highest BCUT2D eigenvalue weighted by atomic mass is 35.5. The molecule has 2 aromatic rings. The van der Waals surface area contributed by atoms with Gasteiger partial charge in [-0.1, -0.05) is 31.5 Å². The summed E-state index contributed by atoms with van der Waals surface area (Å²) in [5.74, 6) is -0.129. The number of likely N-dealkylation sites (tertiary alicyclic amines) is 1. The van der Waals surface area contributed by atoms with Crippen LogP contribution in [0.3, 0.4) is 0 Å². The van der Waals surface area contributed by atoms with Crippen LogP contribution < -0.4 is 11.1 Å². The Balaban J connectivity index is 0.00000320. The number of halogens is 1. The van der Waals surface area contributed by atoms with E-state index in [1.54, 1.807) is 11.1 Å². The molecule has 1 atom stereocenters. The Morgan fingerprint density at radius 2 is 1.97 bits per heavy atom. The number of nitrogens with zero attached hydrogens (tertiary/aromatic N) is 3. The number of carbonyl (C=O) groups is 2. The van der Waals surface area contributed by atoms with Crippen molar-refractivity contribution in [3.8, 4) is 5.69 Å². The highest BCUT2D eigenvalue weighted by molar-refractivity contribution is 5.96. The molecule has 1 unspecified atom stereocenters. The van der Waals surface area contributed by atoms with Gasteiger partial charge in [0.15, 0.2) is 0 Å². The van der Waals surface area contributed by atoms with Gasteiger partial charge in [-0.3, -0.25) is 9.59 Å². The van der Waals surface area contributed by atoms with Gasteiger partial charge in [0, 0.05) is 26.2 Å². The normalized spacial score (nSPS) is 16.3. The molecule has 1 aromatic carbocycles. The van der Waals surface area contributed by atoms with E-state index in [0.717, 1.165) is 24.2 Å². The number of benzene rings is 1. The summed E-state index contributed by atoms with van der Waals surface area (Å²) in [5, 5.41) is 7.37. The summed E-state index contributed by atoms with van der Waals surface area (Å²) < 4.78 is 1.85. The van der Waals surface area contributed by atoms with E-state index in [1.165, 1.54) is 5.56 Å². The van der Waals surface area contributed by atoms with Crippen LogP contribution in [-0.2, 0) is 4.79 Å². The molecule has 1 aliphatic heterocycles. The molecule has 0 saturated carbocycles. The van der Waals surface area contributed by atoms with Crippen molar-refractivity contribution >= 4 is 24.2 Å². The Hall–Kier alpha value is -2.38. The zero-order chi connectivity index (χ0) is 21.0. The molecule has 0 radical (unpaired) electrons. The van der Waals surface area contributed by atoms with Gasteiger partial charge in [0.25, 0.3) is 5.91 Å². The van der Waals surface area contributed by atoms with Gasteiger partial charge in [0.05, 0.1) is 29.1 Å². The van der Waals surface area contributed by atoms with Gasteiger partial charge in [-0.25, -0.2) is 4.68 Å². The van der Waals surface area contributed by atoms with Crippen LogP contribution in [0.25, 0.3) is 5.69 Å². The van der Waals surface area contributed by atoms with Crippen LogP contribution in [0.15, 0.2) is 30.5 Å². The molecule has 1 aliphatic rings. The second-order valence-electron chi connectivity index (χ2n) is 8.02. The third kappa shape index (κ3) is 5.21. The van der Waals surface area contributed by atoms with Crippen LogP contribution in [0.2, 0.25) is 0 Å². The number of hydrogen-bond acceptors (Lipinski definition) is 4. The first-order valence-electron chi connectivity index (χ1n) is 10.3. The summed E-state index contributed by atoms with van der Waals surface area (Å²) in [4.78, 5) is 27.4. The van der Waals surface area contributed by atoms with E-state index < -0.39 is 0 Å². The number of carbonyl (C=O) groups excluding carboxylic acids is 2. The Labute approximate surface area is 184 Å². The molecule has 2 heterocycles. The number of nitrogens with one attached hydrogen (secondary N) is 1. The molecule has 0 bridgehead atoms. The maximum absolute atomic E-state index is 13.3. The second-order valence-corrected chi connectivity index (χ2v) is 8.02. The van der Waals surface area contributed by atoms with E-state index in [-0.39, 0.29) is 36.1 Å². The first-order chi connectivity index (χ1) is 13.9. The fraction of sp³-hybridized carbons (Fsp3) is 0.500. The van der Waals surface area contributed by atoms with E-state index >= 15 is 0 Å². The number of amides is 2. The maximum Gasteiger partial charge on any atom is 0.257 e. The Bertz CT molecular complexity index is 863. The van der Waals surface area contributed by atoms with Crippen molar-refractivity contribution in [2.24, 2.45) is 11.7 Å². The fourth-order valence-corrected chi connectivity index (χ4v) is 3.86. The zero-order valence-electron chi connectivity index (χ0n) is 17.9. The van der Waals surface area contributed by atoms with Crippen molar-refractivity contribution in [2.75, 3.05) is 26.2 Å². The average Bonchev–Trinajstić information content (AvgIpc) is 3.17. The smallest absolute Gasteiger partial charge is 0.257 e. The molecule has 3 N–H and O–H groups in total.